The quantitative estimate of drug-likeness (QED) is 0.634. The summed E-state index contributed by atoms with van der Waals surface area (Å²) in [6, 6.07) is 7.99. The maximum absolute atomic E-state index is 12.7. The fourth-order valence-electron chi connectivity index (χ4n) is 2.42. The average Bonchev–Trinajstić information content (AvgIpc) is 2.91. The van der Waals surface area contributed by atoms with Gasteiger partial charge < -0.3 is 4.42 Å². The normalized spacial score (nSPS) is 11.1. The van der Waals surface area contributed by atoms with E-state index in [0.29, 0.717) is 11.3 Å². The van der Waals surface area contributed by atoms with Gasteiger partial charge in [0.05, 0.1) is 5.56 Å². The van der Waals surface area contributed by atoms with Crippen LogP contribution in [0.4, 0.5) is 0 Å². The average molecular weight is 270 g/mol. The van der Waals surface area contributed by atoms with Crippen LogP contribution in [0.5, 0.6) is 0 Å². The van der Waals surface area contributed by atoms with E-state index in [0.717, 1.165) is 27.0 Å². The third-order valence-electron chi connectivity index (χ3n) is 3.51. The summed E-state index contributed by atoms with van der Waals surface area (Å²) in [6.45, 7) is 5.68. The number of hydrogen-bond donors (Lipinski definition) is 0. The largest absolute Gasteiger partial charge is 0.466 e. The predicted molar refractivity (Wildman–Crippen MR) is 78.2 cm³/mol. The molecule has 0 unspecified atom stereocenters. The number of fused-ring (bicyclic) bond motifs is 1. The van der Waals surface area contributed by atoms with Gasteiger partial charge in [-0.3, -0.25) is 4.79 Å². The molecule has 3 rings (SSSR count). The van der Waals surface area contributed by atoms with E-state index in [2.05, 4.69) is 0 Å². The molecule has 0 amide bonds. The van der Waals surface area contributed by atoms with E-state index in [4.69, 9.17) is 4.42 Å². The van der Waals surface area contributed by atoms with Gasteiger partial charge in [-0.05, 0) is 26.8 Å². The van der Waals surface area contributed by atoms with Crippen molar-refractivity contribution in [1.82, 2.24) is 0 Å². The second kappa shape index (κ2) is 4.35. The molecule has 3 heteroatoms. The first-order valence-corrected chi connectivity index (χ1v) is 7.05. The van der Waals surface area contributed by atoms with Gasteiger partial charge in [0.1, 0.15) is 11.5 Å². The van der Waals surface area contributed by atoms with E-state index in [1.54, 1.807) is 11.3 Å². The van der Waals surface area contributed by atoms with Crippen molar-refractivity contribution in [1.29, 1.82) is 0 Å². The van der Waals surface area contributed by atoms with Crippen molar-refractivity contribution >= 4 is 27.2 Å². The standard InChI is InChI=1S/C16H14O2S/c1-9-10(2)18-11(3)15(9)16(17)13-8-19-14-7-5-4-6-12(13)14/h4-8H,1-3H3. The van der Waals surface area contributed by atoms with Gasteiger partial charge in [-0.15, -0.1) is 11.3 Å². The summed E-state index contributed by atoms with van der Waals surface area (Å²) in [4.78, 5) is 12.7. The summed E-state index contributed by atoms with van der Waals surface area (Å²) in [7, 11) is 0. The molecular formula is C16H14O2S. The molecule has 0 bridgehead atoms. The highest BCUT2D eigenvalue weighted by atomic mass is 32.1. The second-order valence-corrected chi connectivity index (χ2v) is 5.60. The number of aryl methyl sites for hydroxylation is 2. The Labute approximate surface area is 115 Å². The van der Waals surface area contributed by atoms with Gasteiger partial charge >= 0.3 is 0 Å². The minimum Gasteiger partial charge on any atom is -0.466 e. The Kier molecular flexibility index (Phi) is 2.79. The topological polar surface area (TPSA) is 30.2 Å². The Balaban J connectivity index is 2.19. The highest BCUT2D eigenvalue weighted by molar-refractivity contribution is 7.17. The summed E-state index contributed by atoms with van der Waals surface area (Å²) in [5.41, 5.74) is 2.42. The third kappa shape index (κ3) is 1.81. The number of ketones is 1. The molecule has 19 heavy (non-hydrogen) atoms. The Morgan fingerprint density at radius 2 is 1.84 bits per heavy atom. The summed E-state index contributed by atoms with van der Waals surface area (Å²) in [5.74, 6) is 1.58. The van der Waals surface area contributed by atoms with Crippen molar-refractivity contribution in [2.75, 3.05) is 0 Å². The number of thiophene rings is 1. The molecule has 0 N–H and O–H groups in total. The summed E-state index contributed by atoms with van der Waals surface area (Å²) in [6.07, 6.45) is 0. The molecule has 0 saturated carbocycles. The molecular weight excluding hydrogens is 256 g/mol. The minimum absolute atomic E-state index is 0.0595. The molecule has 2 aromatic heterocycles. The zero-order valence-electron chi connectivity index (χ0n) is 11.1. The van der Waals surface area contributed by atoms with E-state index in [9.17, 15) is 4.79 Å². The molecule has 0 atom stereocenters. The van der Waals surface area contributed by atoms with Gasteiger partial charge in [-0.25, -0.2) is 0 Å². The van der Waals surface area contributed by atoms with Crippen LogP contribution in [0.2, 0.25) is 0 Å². The Morgan fingerprint density at radius 1 is 1.11 bits per heavy atom. The molecule has 0 spiro atoms. The van der Waals surface area contributed by atoms with Gasteiger partial charge in [-0.1, -0.05) is 18.2 Å². The van der Waals surface area contributed by atoms with Crippen LogP contribution in [0, 0.1) is 20.8 Å². The van der Waals surface area contributed by atoms with Crippen molar-refractivity contribution < 1.29 is 9.21 Å². The van der Waals surface area contributed by atoms with Gasteiger partial charge in [0, 0.05) is 26.6 Å². The Morgan fingerprint density at radius 3 is 2.53 bits per heavy atom. The van der Waals surface area contributed by atoms with Crippen molar-refractivity contribution in [2.45, 2.75) is 20.8 Å². The monoisotopic (exact) mass is 270 g/mol. The van der Waals surface area contributed by atoms with Crippen molar-refractivity contribution in [3.05, 3.63) is 57.9 Å². The number of carbonyl (C=O) groups is 1. The fraction of sp³-hybridized carbons (Fsp3) is 0.188. The highest BCUT2D eigenvalue weighted by Crippen LogP contribution is 2.30. The van der Waals surface area contributed by atoms with Crippen LogP contribution < -0.4 is 0 Å². The Bertz CT molecular complexity index is 777. The van der Waals surface area contributed by atoms with E-state index in [1.165, 1.54) is 0 Å². The maximum atomic E-state index is 12.7. The molecule has 0 aliphatic rings. The molecule has 0 fully saturated rings. The molecule has 96 valence electrons. The molecule has 2 nitrogen and oxygen atoms in total. The van der Waals surface area contributed by atoms with Crippen molar-refractivity contribution in [3.8, 4) is 0 Å². The lowest BCUT2D eigenvalue weighted by Gasteiger charge is -2.00. The zero-order chi connectivity index (χ0) is 13.6. The minimum atomic E-state index is 0.0595. The Hall–Kier alpha value is -1.87. The second-order valence-electron chi connectivity index (χ2n) is 4.69. The van der Waals surface area contributed by atoms with Crippen LogP contribution in [0.15, 0.2) is 34.1 Å². The van der Waals surface area contributed by atoms with Crippen LogP contribution in [0.3, 0.4) is 0 Å². The lowest BCUT2D eigenvalue weighted by molar-refractivity contribution is 0.103. The van der Waals surface area contributed by atoms with Crippen LogP contribution >= 0.6 is 11.3 Å². The molecule has 0 radical (unpaired) electrons. The van der Waals surface area contributed by atoms with E-state index in [1.807, 2.05) is 50.4 Å². The highest BCUT2D eigenvalue weighted by Gasteiger charge is 2.22. The smallest absolute Gasteiger partial charge is 0.198 e. The molecule has 0 aliphatic heterocycles. The maximum Gasteiger partial charge on any atom is 0.198 e. The van der Waals surface area contributed by atoms with E-state index >= 15 is 0 Å². The lowest BCUT2D eigenvalue weighted by Crippen LogP contribution is -2.02. The van der Waals surface area contributed by atoms with Crippen LogP contribution in [-0.2, 0) is 0 Å². The van der Waals surface area contributed by atoms with E-state index in [-0.39, 0.29) is 5.78 Å². The SMILES string of the molecule is Cc1oc(C)c(C(=O)c2csc3ccccc23)c1C. The summed E-state index contributed by atoms with van der Waals surface area (Å²) < 4.78 is 6.70. The predicted octanol–water partition coefficient (Wildman–Crippen LogP) is 4.65. The number of carbonyl (C=O) groups excluding carboxylic acids is 1. The van der Waals surface area contributed by atoms with Gasteiger partial charge in [0.15, 0.2) is 5.78 Å². The first-order valence-electron chi connectivity index (χ1n) is 6.17. The summed E-state index contributed by atoms with van der Waals surface area (Å²) >= 11 is 1.60. The van der Waals surface area contributed by atoms with Crippen molar-refractivity contribution in [2.24, 2.45) is 0 Å². The van der Waals surface area contributed by atoms with Gasteiger partial charge in [-0.2, -0.15) is 0 Å². The van der Waals surface area contributed by atoms with E-state index < -0.39 is 0 Å². The first-order chi connectivity index (χ1) is 9.09. The summed E-state index contributed by atoms with van der Waals surface area (Å²) in [5, 5.41) is 2.96. The molecule has 1 aromatic carbocycles. The molecule has 0 saturated heterocycles. The van der Waals surface area contributed by atoms with Gasteiger partial charge in [0.25, 0.3) is 0 Å². The third-order valence-corrected chi connectivity index (χ3v) is 4.48. The lowest BCUT2D eigenvalue weighted by atomic mass is 9.99. The molecule has 3 aromatic rings. The van der Waals surface area contributed by atoms with Crippen LogP contribution in [-0.4, -0.2) is 5.78 Å². The number of furan rings is 1. The van der Waals surface area contributed by atoms with Crippen LogP contribution in [0.1, 0.15) is 33.0 Å². The van der Waals surface area contributed by atoms with Gasteiger partial charge in [0.2, 0.25) is 0 Å². The zero-order valence-corrected chi connectivity index (χ0v) is 11.9. The van der Waals surface area contributed by atoms with Crippen LogP contribution in [0.25, 0.3) is 10.1 Å². The molecule has 0 aliphatic carbocycles. The first kappa shape index (κ1) is 12.2. The fourth-order valence-corrected chi connectivity index (χ4v) is 3.36. The number of hydrogen-bond acceptors (Lipinski definition) is 3. The molecule has 2 heterocycles. The van der Waals surface area contributed by atoms with Crippen molar-refractivity contribution in [3.63, 3.8) is 0 Å². The number of rotatable bonds is 2. The number of benzene rings is 1.